The molecule has 100 valence electrons. The van der Waals surface area contributed by atoms with Crippen molar-refractivity contribution < 1.29 is 9.21 Å². The Hall–Kier alpha value is -2.56. The van der Waals surface area contributed by atoms with Crippen molar-refractivity contribution in [3.05, 3.63) is 36.2 Å². The van der Waals surface area contributed by atoms with Crippen LogP contribution in [0.3, 0.4) is 0 Å². The van der Waals surface area contributed by atoms with E-state index in [1.807, 2.05) is 28.8 Å². The average molecular weight is 267 g/mol. The third-order valence-corrected chi connectivity index (χ3v) is 3.70. The zero-order valence-corrected chi connectivity index (χ0v) is 10.8. The van der Waals surface area contributed by atoms with Gasteiger partial charge in [-0.1, -0.05) is 18.2 Å². The zero-order chi connectivity index (χ0) is 13.5. The maximum absolute atomic E-state index is 11.5. The summed E-state index contributed by atoms with van der Waals surface area (Å²) in [5.41, 5.74) is 2.97. The molecule has 1 aliphatic rings. The second-order valence-corrected chi connectivity index (χ2v) is 4.86. The number of hydrogen-bond donors (Lipinski definition) is 1. The summed E-state index contributed by atoms with van der Waals surface area (Å²) in [4.78, 5) is 16.0. The van der Waals surface area contributed by atoms with Crippen LogP contribution in [0.25, 0.3) is 22.2 Å². The number of carbonyl (C=O) groups is 1. The summed E-state index contributed by atoms with van der Waals surface area (Å²) < 4.78 is 7.49. The molecule has 2 aromatic heterocycles. The van der Waals surface area contributed by atoms with Crippen molar-refractivity contribution in [3.8, 4) is 11.3 Å². The smallest absolute Gasteiger partial charge is 0.203 e. The van der Waals surface area contributed by atoms with Crippen LogP contribution in [0.1, 0.15) is 16.9 Å². The molecular weight excluding hydrogens is 254 g/mol. The Bertz CT molecular complexity index is 801. The number of furan rings is 1. The van der Waals surface area contributed by atoms with Gasteiger partial charge in [-0.3, -0.25) is 4.79 Å². The zero-order valence-electron chi connectivity index (χ0n) is 10.8. The van der Waals surface area contributed by atoms with Crippen molar-refractivity contribution in [2.45, 2.75) is 13.0 Å². The molecule has 0 spiro atoms. The van der Waals surface area contributed by atoms with E-state index in [1.165, 1.54) is 0 Å². The van der Waals surface area contributed by atoms with Gasteiger partial charge in [-0.05, 0) is 12.5 Å². The second-order valence-electron chi connectivity index (χ2n) is 4.86. The van der Waals surface area contributed by atoms with E-state index in [0.717, 1.165) is 48.3 Å². The monoisotopic (exact) mass is 267 g/mol. The predicted molar refractivity (Wildman–Crippen MR) is 75.9 cm³/mol. The fraction of sp³-hybridized carbons (Fsp3) is 0.200. The second kappa shape index (κ2) is 4.23. The van der Waals surface area contributed by atoms with Gasteiger partial charge in [0, 0.05) is 24.0 Å². The first-order valence-electron chi connectivity index (χ1n) is 6.64. The largest absolute Gasteiger partial charge is 0.464 e. The van der Waals surface area contributed by atoms with Crippen molar-refractivity contribution in [2.24, 2.45) is 0 Å². The molecule has 1 aliphatic heterocycles. The number of para-hydroxylation sites is 1. The molecule has 3 aromatic rings. The molecule has 0 bridgehead atoms. The van der Waals surface area contributed by atoms with Crippen LogP contribution in [-0.2, 0) is 6.54 Å². The number of aromatic nitrogens is 2. The minimum absolute atomic E-state index is 0.610. The Morgan fingerprint density at radius 2 is 2.25 bits per heavy atom. The van der Waals surface area contributed by atoms with Crippen LogP contribution in [0.5, 0.6) is 0 Å². The Morgan fingerprint density at radius 3 is 3.15 bits per heavy atom. The van der Waals surface area contributed by atoms with Crippen molar-refractivity contribution in [1.82, 2.24) is 9.55 Å². The SMILES string of the molecule is O=Cc1c(-c2coc3ccccc23)nc2n1CCCN2. The van der Waals surface area contributed by atoms with Gasteiger partial charge in [0.25, 0.3) is 0 Å². The maximum Gasteiger partial charge on any atom is 0.203 e. The van der Waals surface area contributed by atoms with E-state index >= 15 is 0 Å². The highest BCUT2D eigenvalue weighted by Gasteiger charge is 2.22. The molecule has 0 saturated carbocycles. The number of fused-ring (bicyclic) bond motifs is 2. The lowest BCUT2D eigenvalue weighted by atomic mass is 10.1. The highest BCUT2D eigenvalue weighted by atomic mass is 16.3. The van der Waals surface area contributed by atoms with E-state index in [9.17, 15) is 4.79 Å². The maximum atomic E-state index is 11.5. The fourth-order valence-corrected chi connectivity index (χ4v) is 2.74. The Kier molecular flexibility index (Phi) is 2.39. The fourth-order valence-electron chi connectivity index (χ4n) is 2.74. The first-order chi connectivity index (χ1) is 9.88. The molecule has 0 atom stereocenters. The first kappa shape index (κ1) is 11.3. The van der Waals surface area contributed by atoms with E-state index in [0.29, 0.717) is 11.4 Å². The van der Waals surface area contributed by atoms with E-state index in [4.69, 9.17) is 4.42 Å². The molecule has 5 heteroatoms. The quantitative estimate of drug-likeness (QED) is 0.725. The van der Waals surface area contributed by atoms with Gasteiger partial charge in [-0.2, -0.15) is 0 Å². The molecule has 20 heavy (non-hydrogen) atoms. The number of hydrogen-bond acceptors (Lipinski definition) is 4. The van der Waals surface area contributed by atoms with Gasteiger partial charge >= 0.3 is 0 Å². The third-order valence-electron chi connectivity index (χ3n) is 3.70. The van der Waals surface area contributed by atoms with E-state index < -0.39 is 0 Å². The van der Waals surface area contributed by atoms with Gasteiger partial charge in [-0.25, -0.2) is 4.98 Å². The molecule has 4 rings (SSSR count). The Morgan fingerprint density at radius 1 is 1.35 bits per heavy atom. The summed E-state index contributed by atoms with van der Waals surface area (Å²) in [6, 6.07) is 7.77. The molecule has 0 unspecified atom stereocenters. The summed E-state index contributed by atoms with van der Waals surface area (Å²) in [7, 11) is 0. The lowest BCUT2D eigenvalue weighted by Gasteiger charge is -2.15. The van der Waals surface area contributed by atoms with Gasteiger partial charge in [0.1, 0.15) is 23.2 Å². The van der Waals surface area contributed by atoms with Crippen LogP contribution in [-0.4, -0.2) is 22.4 Å². The van der Waals surface area contributed by atoms with E-state index in [1.54, 1.807) is 6.26 Å². The van der Waals surface area contributed by atoms with E-state index in [-0.39, 0.29) is 0 Å². The first-order valence-corrected chi connectivity index (χ1v) is 6.64. The molecule has 0 radical (unpaired) electrons. The normalized spacial score (nSPS) is 14.0. The van der Waals surface area contributed by atoms with Crippen molar-refractivity contribution in [3.63, 3.8) is 0 Å². The number of rotatable bonds is 2. The number of carbonyl (C=O) groups excluding carboxylic acids is 1. The van der Waals surface area contributed by atoms with Gasteiger partial charge in [0.15, 0.2) is 6.29 Å². The van der Waals surface area contributed by atoms with Crippen LogP contribution in [0.4, 0.5) is 5.95 Å². The summed E-state index contributed by atoms with van der Waals surface area (Å²) >= 11 is 0. The molecule has 0 amide bonds. The third kappa shape index (κ3) is 1.49. The van der Waals surface area contributed by atoms with Gasteiger partial charge < -0.3 is 14.3 Å². The molecule has 1 aromatic carbocycles. The highest BCUT2D eigenvalue weighted by molar-refractivity contribution is 5.97. The van der Waals surface area contributed by atoms with Crippen LogP contribution < -0.4 is 5.32 Å². The molecule has 0 saturated heterocycles. The molecule has 0 fully saturated rings. The number of imidazole rings is 1. The Labute approximate surface area is 115 Å². The number of nitrogens with zero attached hydrogens (tertiary/aromatic N) is 2. The number of aldehydes is 1. The van der Waals surface area contributed by atoms with Gasteiger partial charge in [0.05, 0.1) is 0 Å². The van der Waals surface area contributed by atoms with Crippen molar-refractivity contribution in [1.29, 1.82) is 0 Å². The predicted octanol–water partition coefficient (Wildman–Crippen LogP) is 2.92. The summed E-state index contributed by atoms with van der Waals surface area (Å²) in [6.07, 6.45) is 3.54. The minimum Gasteiger partial charge on any atom is -0.464 e. The van der Waals surface area contributed by atoms with Crippen LogP contribution in [0, 0.1) is 0 Å². The molecule has 3 heterocycles. The lowest BCUT2D eigenvalue weighted by Crippen LogP contribution is -2.18. The number of nitrogens with one attached hydrogen (secondary N) is 1. The standard InChI is InChI=1S/C15H13N3O2/c19-8-12-14(17-15-16-6-3-7-18(12)15)11-9-20-13-5-2-1-4-10(11)13/h1-2,4-5,8-9H,3,6-7H2,(H,16,17). The summed E-state index contributed by atoms with van der Waals surface area (Å²) in [5.74, 6) is 0.763. The highest BCUT2D eigenvalue weighted by Crippen LogP contribution is 2.33. The lowest BCUT2D eigenvalue weighted by molar-refractivity contribution is 0.111. The topological polar surface area (TPSA) is 60.1 Å². The molecule has 0 aliphatic carbocycles. The van der Waals surface area contributed by atoms with E-state index in [2.05, 4.69) is 10.3 Å². The minimum atomic E-state index is 0.610. The number of anilines is 1. The van der Waals surface area contributed by atoms with Crippen molar-refractivity contribution >= 4 is 23.2 Å². The Balaban J connectivity index is 1.98. The van der Waals surface area contributed by atoms with Gasteiger partial charge in [-0.15, -0.1) is 0 Å². The molecular formula is C15H13N3O2. The van der Waals surface area contributed by atoms with Crippen LogP contribution in [0.2, 0.25) is 0 Å². The summed E-state index contributed by atoms with van der Waals surface area (Å²) in [5, 5.41) is 4.21. The average Bonchev–Trinajstić information content (AvgIpc) is 3.07. The van der Waals surface area contributed by atoms with Crippen LogP contribution in [0.15, 0.2) is 34.9 Å². The van der Waals surface area contributed by atoms with Gasteiger partial charge in [0.2, 0.25) is 5.95 Å². The molecule has 5 nitrogen and oxygen atoms in total. The van der Waals surface area contributed by atoms with Crippen molar-refractivity contribution in [2.75, 3.05) is 11.9 Å². The molecule has 1 N–H and O–H groups in total. The number of benzene rings is 1. The van der Waals surface area contributed by atoms with Crippen LogP contribution >= 0.6 is 0 Å². The summed E-state index contributed by atoms with van der Waals surface area (Å²) in [6.45, 7) is 1.71.